The lowest BCUT2D eigenvalue weighted by Gasteiger charge is -2.19. The highest BCUT2D eigenvalue weighted by Gasteiger charge is 2.26. The Morgan fingerprint density at radius 1 is 1.00 bits per heavy atom. The maximum atomic E-state index is 14.6. The molecule has 0 saturated carbocycles. The summed E-state index contributed by atoms with van der Waals surface area (Å²) < 4.78 is 42.9. The Kier molecular flexibility index (Phi) is 4.54. The molecule has 6 heteroatoms. The zero-order valence-electron chi connectivity index (χ0n) is 15.4. The number of hydrogen-bond donors (Lipinski definition) is 0. The summed E-state index contributed by atoms with van der Waals surface area (Å²) in [6, 6.07) is 5.35. The van der Waals surface area contributed by atoms with E-state index in [1.165, 1.54) is 18.4 Å². The first-order valence-electron chi connectivity index (χ1n) is 8.51. The van der Waals surface area contributed by atoms with Crippen molar-refractivity contribution in [3.8, 4) is 0 Å². The van der Waals surface area contributed by atoms with Gasteiger partial charge in [-0.15, -0.1) is 0 Å². The third-order valence-corrected chi connectivity index (χ3v) is 4.43. The highest BCUT2D eigenvalue weighted by molar-refractivity contribution is 5.82. The van der Waals surface area contributed by atoms with E-state index in [1.54, 1.807) is 30.7 Å². The molecule has 3 rings (SSSR count). The quantitative estimate of drug-likeness (QED) is 0.626. The molecule has 138 valence electrons. The van der Waals surface area contributed by atoms with Crippen LogP contribution in [0.25, 0.3) is 10.9 Å². The van der Waals surface area contributed by atoms with Crippen LogP contribution >= 0.6 is 0 Å². The standard InChI is InChI=1S/C20H22F3N3/c1-13-5-8-25-18(19(2,3)21)15(13)11-16-14-7-10-26(12-20(4,22)23)17(14)6-9-24-16/h5-10H,11-12H2,1-4H3. The number of halogens is 3. The van der Waals surface area contributed by atoms with Crippen molar-refractivity contribution in [3.05, 3.63) is 59.3 Å². The smallest absolute Gasteiger partial charge is 0.262 e. The van der Waals surface area contributed by atoms with E-state index in [2.05, 4.69) is 9.97 Å². The molecule has 0 saturated heterocycles. The molecule has 0 bridgehead atoms. The maximum Gasteiger partial charge on any atom is 0.262 e. The Morgan fingerprint density at radius 2 is 1.69 bits per heavy atom. The third kappa shape index (κ3) is 3.74. The second-order valence-electron chi connectivity index (χ2n) is 7.31. The molecular weight excluding hydrogens is 339 g/mol. The molecule has 0 aliphatic heterocycles. The molecule has 0 atom stereocenters. The Hall–Kier alpha value is -2.37. The fourth-order valence-corrected chi connectivity index (χ4v) is 3.25. The van der Waals surface area contributed by atoms with E-state index in [0.29, 0.717) is 17.6 Å². The number of alkyl halides is 3. The summed E-state index contributed by atoms with van der Waals surface area (Å²) >= 11 is 0. The second-order valence-corrected chi connectivity index (χ2v) is 7.31. The van der Waals surface area contributed by atoms with Crippen molar-refractivity contribution in [2.75, 3.05) is 0 Å². The Morgan fingerprint density at radius 3 is 2.35 bits per heavy atom. The van der Waals surface area contributed by atoms with E-state index in [4.69, 9.17) is 0 Å². The second kappa shape index (κ2) is 6.41. The van der Waals surface area contributed by atoms with Crippen molar-refractivity contribution in [1.29, 1.82) is 0 Å². The van der Waals surface area contributed by atoms with Crippen molar-refractivity contribution < 1.29 is 13.2 Å². The highest BCUT2D eigenvalue weighted by atomic mass is 19.3. The van der Waals surface area contributed by atoms with Crippen molar-refractivity contribution >= 4 is 10.9 Å². The van der Waals surface area contributed by atoms with Crippen LogP contribution in [0.1, 0.15) is 43.3 Å². The van der Waals surface area contributed by atoms with Crippen LogP contribution in [0.5, 0.6) is 0 Å². The van der Waals surface area contributed by atoms with Crippen LogP contribution < -0.4 is 0 Å². The minimum Gasteiger partial charge on any atom is -0.341 e. The lowest BCUT2D eigenvalue weighted by atomic mass is 9.93. The third-order valence-electron chi connectivity index (χ3n) is 4.43. The maximum absolute atomic E-state index is 14.6. The van der Waals surface area contributed by atoms with Gasteiger partial charge in [-0.05, 0) is 50.1 Å². The van der Waals surface area contributed by atoms with Crippen LogP contribution in [0.2, 0.25) is 0 Å². The first kappa shape index (κ1) is 18.4. The molecule has 3 aromatic rings. The first-order valence-corrected chi connectivity index (χ1v) is 8.51. The van der Waals surface area contributed by atoms with Gasteiger partial charge in [0.2, 0.25) is 0 Å². The van der Waals surface area contributed by atoms with Crippen molar-refractivity contribution in [2.45, 2.75) is 52.3 Å². The molecule has 0 radical (unpaired) electrons. The average Bonchev–Trinajstić information content (AvgIpc) is 2.90. The van der Waals surface area contributed by atoms with Gasteiger partial charge in [-0.25, -0.2) is 13.2 Å². The van der Waals surface area contributed by atoms with Crippen molar-refractivity contribution in [1.82, 2.24) is 14.5 Å². The SMILES string of the molecule is Cc1ccnc(C(C)(C)F)c1Cc1nccc2c1ccn2CC(C)(F)F. The van der Waals surface area contributed by atoms with Crippen LogP contribution in [-0.2, 0) is 18.6 Å². The van der Waals surface area contributed by atoms with Crippen molar-refractivity contribution in [3.63, 3.8) is 0 Å². The van der Waals surface area contributed by atoms with Gasteiger partial charge in [-0.2, -0.15) is 0 Å². The van der Waals surface area contributed by atoms with Gasteiger partial charge in [-0.3, -0.25) is 9.97 Å². The van der Waals surface area contributed by atoms with Gasteiger partial charge < -0.3 is 4.57 Å². The molecular formula is C20H22F3N3. The Balaban J connectivity index is 2.06. The fraction of sp³-hybridized carbons (Fsp3) is 0.400. The summed E-state index contributed by atoms with van der Waals surface area (Å²) in [5.41, 5.74) is 1.94. The van der Waals surface area contributed by atoms with Crippen LogP contribution in [-0.4, -0.2) is 20.5 Å². The van der Waals surface area contributed by atoms with E-state index in [-0.39, 0.29) is 0 Å². The molecule has 0 unspecified atom stereocenters. The van der Waals surface area contributed by atoms with E-state index in [9.17, 15) is 13.2 Å². The monoisotopic (exact) mass is 361 g/mol. The number of aryl methyl sites for hydroxylation is 1. The van der Waals surface area contributed by atoms with Gasteiger partial charge in [0, 0.05) is 37.3 Å². The molecule has 0 amide bonds. The lowest BCUT2D eigenvalue weighted by Crippen LogP contribution is -2.18. The molecule has 26 heavy (non-hydrogen) atoms. The predicted octanol–water partition coefficient (Wildman–Crippen LogP) is 5.19. The lowest BCUT2D eigenvalue weighted by molar-refractivity contribution is 0.00510. The summed E-state index contributed by atoms with van der Waals surface area (Å²) in [5, 5.41) is 0.794. The molecule has 0 aliphatic rings. The first-order chi connectivity index (χ1) is 12.1. The Bertz CT molecular complexity index is 934. The summed E-state index contributed by atoms with van der Waals surface area (Å²) in [6.07, 6.45) is 5.24. The van der Waals surface area contributed by atoms with Gasteiger partial charge in [-0.1, -0.05) is 0 Å². The number of rotatable bonds is 5. The minimum atomic E-state index is -2.80. The fourth-order valence-electron chi connectivity index (χ4n) is 3.25. The summed E-state index contributed by atoms with van der Waals surface area (Å²) in [5.74, 6) is -2.80. The van der Waals surface area contributed by atoms with Gasteiger partial charge in [0.15, 0.2) is 0 Å². The number of fused-ring (bicyclic) bond motifs is 1. The van der Waals surface area contributed by atoms with E-state index in [1.807, 2.05) is 13.0 Å². The average molecular weight is 361 g/mol. The summed E-state index contributed by atoms with van der Waals surface area (Å²) in [6.45, 7) is 5.37. The van der Waals surface area contributed by atoms with Crippen LogP contribution in [0.3, 0.4) is 0 Å². The number of pyridine rings is 2. The minimum absolute atomic E-state index is 0.385. The zero-order chi connectivity index (χ0) is 19.1. The van der Waals surface area contributed by atoms with Crippen molar-refractivity contribution in [2.24, 2.45) is 0 Å². The highest BCUT2D eigenvalue weighted by Crippen LogP contribution is 2.31. The predicted molar refractivity (Wildman–Crippen MR) is 96.3 cm³/mol. The van der Waals surface area contributed by atoms with E-state index in [0.717, 1.165) is 29.1 Å². The molecule has 3 aromatic heterocycles. The van der Waals surface area contributed by atoms with Gasteiger partial charge in [0.25, 0.3) is 5.92 Å². The molecule has 0 N–H and O–H groups in total. The van der Waals surface area contributed by atoms with Gasteiger partial charge in [0.1, 0.15) is 5.67 Å². The Labute approximate surface area is 150 Å². The molecule has 0 aliphatic carbocycles. The van der Waals surface area contributed by atoms with Crippen LogP contribution in [0.4, 0.5) is 13.2 Å². The van der Waals surface area contributed by atoms with Crippen LogP contribution in [0.15, 0.2) is 36.8 Å². The van der Waals surface area contributed by atoms with Crippen LogP contribution in [0, 0.1) is 6.92 Å². The number of nitrogens with zero attached hydrogens (tertiary/aromatic N) is 3. The van der Waals surface area contributed by atoms with E-state index >= 15 is 0 Å². The normalized spacial score (nSPS) is 12.7. The van der Waals surface area contributed by atoms with Gasteiger partial charge in [0.05, 0.1) is 23.4 Å². The topological polar surface area (TPSA) is 30.7 Å². The number of hydrogen-bond acceptors (Lipinski definition) is 2. The molecule has 3 heterocycles. The summed E-state index contributed by atoms with van der Waals surface area (Å²) in [4.78, 5) is 8.66. The molecule has 0 spiro atoms. The summed E-state index contributed by atoms with van der Waals surface area (Å²) in [7, 11) is 0. The number of aromatic nitrogens is 3. The molecule has 0 aromatic carbocycles. The molecule has 3 nitrogen and oxygen atoms in total. The zero-order valence-corrected chi connectivity index (χ0v) is 15.4. The van der Waals surface area contributed by atoms with Gasteiger partial charge >= 0.3 is 0 Å². The van der Waals surface area contributed by atoms with E-state index < -0.39 is 18.1 Å². The molecule has 0 fully saturated rings. The largest absolute Gasteiger partial charge is 0.341 e.